The Balaban J connectivity index is 2.02. The number of nitrogens with zero attached hydrogens (tertiary/aromatic N) is 3. The molecule has 0 saturated carbocycles. The molecule has 0 unspecified atom stereocenters. The third-order valence-electron chi connectivity index (χ3n) is 3.94. The normalized spacial score (nSPS) is 11.0. The van der Waals surface area contributed by atoms with E-state index < -0.39 is 10.0 Å². The van der Waals surface area contributed by atoms with Crippen LogP contribution in [-0.2, 0) is 10.0 Å². The second kappa shape index (κ2) is 7.05. The third kappa shape index (κ3) is 3.45. The van der Waals surface area contributed by atoms with Gasteiger partial charge in [0.1, 0.15) is 6.07 Å². The van der Waals surface area contributed by atoms with E-state index in [1.54, 1.807) is 24.3 Å². The second-order valence-electron chi connectivity index (χ2n) is 5.70. The van der Waals surface area contributed by atoms with Gasteiger partial charge in [0.2, 0.25) is 17.5 Å². The maximum Gasteiger partial charge on any atom is 0.266 e. The topological polar surface area (TPSA) is 104 Å². The van der Waals surface area contributed by atoms with Crippen LogP contribution in [0, 0.1) is 11.3 Å². The van der Waals surface area contributed by atoms with E-state index in [0.29, 0.717) is 11.1 Å². The molecule has 1 heterocycles. The molecule has 2 aromatic carbocycles. The zero-order chi connectivity index (χ0) is 19.6. The quantitative estimate of drug-likeness (QED) is 0.628. The summed E-state index contributed by atoms with van der Waals surface area (Å²) in [6, 6.07) is 16.3. The Bertz CT molecular complexity index is 1130. The van der Waals surface area contributed by atoms with Crippen molar-refractivity contribution < 1.29 is 17.6 Å². The first-order valence-electron chi connectivity index (χ1n) is 7.91. The summed E-state index contributed by atoms with van der Waals surface area (Å²) in [6.07, 6.45) is 0. The monoisotopic (exact) mass is 381 g/mol. The fourth-order valence-electron chi connectivity index (χ4n) is 2.43. The molecule has 3 aromatic rings. The van der Waals surface area contributed by atoms with Gasteiger partial charge in [-0.2, -0.15) is 10.2 Å². The van der Waals surface area contributed by atoms with Gasteiger partial charge < -0.3 is 4.42 Å². The van der Waals surface area contributed by atoms with Crippen LogP contribution in [0.4, 0.5) is 5.88 Å². The van der Waals surface area contributed by atoms with Gasteiger partial charge in [-0.15, -0.1) is 0 Å². The molecule has 0 fully saturated rings. The van der Waals surface area contributed by atoms with Gasteiger partial charge in [-0.25, -0.2) is 12.7 Å². The van der Waals surface area contributed by atoms with E-state index in [1.165, 1.54) is 38.2 Å². The number of benzene rings is 2. The number of nitriles is 1. The highest BCUT2D eigenvalue weighted by Crippen LogP contribution is 2.30. The zero-order valence-corrected chi connectivity index (χ0v) is 15.4. The molecule has 3 rings (SSSR count). The van der Waals surface area contributed by atoms with Crippen LogP contribution in [0.3, 0.4) is 0 Å². The van der Waals surface area contributed by atoms with E-state index in [2.05, 4.69) is 4.98 Å². The third-order valence-corrected chi connectivity index (χ3v) is 5.70. The largest absolute Gasteiger partial charge is 0.418 e. The molecule has 0 aliphatic carbocycles. The molecule has 0 amide bonds. The summed E-state index contributed by atoms with van der Waals surface area (Å²) in [4.78, 5) is 15.4. The SMILES string of the molecule is CC(=O)c1ccc(S(=O)(=O)N(C)c2oc(-c3ccccc3)nc2C#N)cc1. The number of aromatic nitrogens is 1. The number of hydrogen-bond acceptors (Lipinski definition) is 6. The van der Waals surface area contributed by atoms with Crippen molar-refractivity contribution in [2.24, 2.45) is 0 Å². The van der Waals surface area contributed by atoms with Gasteiger partial charge in [-0.05, 0) is 31.2 Å². The van der Waals surface area contributed by atoms with Gasteiger partial charge in [0.25, 0.3) is 10.0 Å². The van der Waals surface area contributed by atoms with Gasteiger partial charge in [0.15, 0.2) is 5.78 Å². The summed E-state index contributed by atoms with van der Waals surface area (Å²) in [5, 5.41) is 9.33. The number of hydrogen-bond donors (Lipinski definition) is 0. The summed E-state index contributed by atoms with van der Waals surface area (Å²) in [7, 11) is -2.72. The van der Waals surface area contributed by atoms with Crippen molar-refractivity contribution in [2.75, 3.05) is 11.4 Å². The zero-order valence-electron chi connectivity index (χ0n) is 14.6. The van der Waals surface area contributed by atoms with E-state index in [0.717, 1.165) is 4.31 Å². The highest BCUT2D eigenvalue weighted by Gasteiger charge is 2.28. The van der Waals surface area contributed by atoms with Crippen LogP contribution >= 0.6 is 0 Å². The van der Waals surface area contributed by atoms with Crippen molar-refractivity contribution >= 4 is 21.7 Å². The summed E-state index contributed by atoms with van der Waals surface area (Å²) in [6.45, 7) is 1.40. The van der Waals surface area contributed by atoms with Crippen molar-refractivity contribution in [1.82, 2.24) is 4.98 Å². The molecule has 136 valence electrons. The van der Waals surface area contributed by atoms with Crippen molar-refractivity contribution in [3.8, 4) is 17.5 Å². The minimum atomic E-state index is -4.00. The molecule has 0 bridgehead atoms. The maximum atomic E-state index is 12.9. The van der Waals surface area contributed by atoms with E-state index >= 15 is 0 Å². The smallest absolute Gasteiger partial charge is 0.266 e. The predicted molar refractivity (Wildman–Crippen MR) is 98.7 cm³/mol. The fraction of sp³-hybridized carbons (Fsp3) is 0.105. The highest BCUT2D eigenvalue weighted by atomic mass is 32.2. The van der Waals surface area contributed by atoms with Gasteiger partial charge in [-0.1, -0.05) is 30.3 Å². The van der Waals surface area contributed by atoms with E-state index in [4.69, 9.17) is 4.42 Å². The predicted octanol–water partition coefficient (Wildman–Crippen LogP) is 3.24. The molecule has 8 heteroatoms. The highest BCUT2D eigenvalue weighted by molar-refractivity contribution is 7.92. The fourth-order valence-corrected chi connectivity index (χ4v) is 3.57. The average Bonchev–Trinajstić information content (AvgIpc) is 3.12. The number of anilines is 1. The van der Waals surface area contributed by atoms with Crippen molar-refractivity contribution in [1.29, 1.82) is 5.26 Å². The maximum absolute atomic E-state index is 12.9. The van der Waals surface area contributed by atoms with Crippen molar-refractivity contribution in [2.45, 2.75) is 11.8 Å². The number of Topliss-reactive ketones (excluding diaryl/α,β-unsaturated/α-hetero) is 1. The van der Waals surface area contributed by atoms with Crippen molar-refractivity contribution in [3.05, 3.63) is 65.9 Å². The minimum absolute atomic E-state index is 0.0310. The molecule has 0 aliphatic rings. The molecule has 7 nitrogen and oxygen atoms in total. The molecule has 0 saturated heterocycles. The van der Waals surface area contributed by atoms with E-state index in [1.807, 2.05) is 12.1 Å². The standard InChI is InChI=1S/C19H15N3O4S/c1-13(23)14-8-10-16(11-9-14)27(24,25)22(2)19-17(12-20)21-18(26-19)15-6-4-3-5-7-15/h3-11H,1-2H3. The summed E-state index contributed by atoms with van der Waals surface area (Å²) < 4.78 is 32.2. The number of rotatable bonds is 5. The van der Waals surface area contributed by atoms with E-state index in [-0.39, 0.29) is 28.1 Å². The molecule has 0 spiro atoms. The first-order chi connectivity index (χ1) is 12.8. The number of carbonyl (C=O) groups excluding carboxylic acids is 1. The summed E-state index contributed by atoms with van der Waals surface area (Å²) >= 11 is 0. The number of sulfonamides is 1. The Morgan fingerprint density at radius 3 is 2.30 bits per heavy atom. The molecule has 27 heavy (non-hydrogen) atoms. The van der Waals surface area contributed by atoms with Crippen LogP contribution in [0.15, 0.2) is 63.9 Å². The Hall–Kier alpha value is -3.44. The molecule has 1 aromatic heterocycles. The number of oxazole rings is 1. The van der Waals surface area contributed by atoms with Gasteiger partial charge in [0, 0.05) is 18.2 Å². The van der Waals surface area contributed by atoms with Crippen LogP contribution in [0.25, 0.3) is 11.5 Å². The number of ketones is 1. The average molecular weight is 381 g/mol. The summed E-state index contributed by atoms with van der Waals surface area (Å²) in [5.74, 6) is -0.190. The Kier molecular flexibility index (Phi) is 4.79. The lowest BCUT2D eigenvalue weighted by atomic mass is 10.2. The van der Waals surface area contributed by atoms with Gasteiger partial charge in [-0.3, -0.25) is 4.79 Å². The first kappa shape index (κ1) is 18.4. The lowest BCUT2D eigenvalue weighted by Gasteiger charge is -2.16. The minimum Gasteiger partial charge on any atom is -0.418 e. The Morgan fingerprint density at radius 1 is 1.11 bits per heavy atom. The van der Waals surface area contributed by atoms with Crippen LogP contribution in [-0.4, -0.2) is 26.2 Å². The molecular weight excluding hydrogens is 366 g/mol. The van der Waals surface area contributed by atoms with E-state index in [9.17, 15) is 18.5 Å². The first-order valence-corrected chi connectivity index (χ1v) is 9.35. The summed E-state index contributed by atoms with van der Waals surface area (Å²) in [5.41, 5.74) is 0.887. The van der Waals surface area contributed by atoms with Crippen LogP contribution < -0.4 is 4.31 Å². The lowest BCUT2D eigenvalue weighted by Crippen LogP contribution is -2.26. The second-order valence-corrected chi connectivity index (χ2v) is 7.67. The lowest BCUT2D eigenvalue weighted by molar-refractivity contribution is 0.101. The molecule has 0 atom stereocenters. The van der Waals surface area contributed by atoms with Crippen LogP contribution in [0.5, 0.6) is 0 Å². The van der Waals surface area contributed by atoms with Crippen LogP contribution in [0.2, 0.25) is 0 Å². The van der Waals surface area contributed by atoms with Gasteiger partial charge >= 0.3 is 0 Å². The molecule has 0 aliphatic heterocycles. The van der Waals surface area contributed by atoms with Crippen LogP contribution in [0.1, 0.15) is 23.0 Å². The molecular formula is C19H15N3O4S. The van der Waals surface area contributed by atoms with Crippen molar-refractivity contribution in [3.63, 3.8) is 0 Å². The Labute approximate surface area is 156 Å². The number of carbonyl (C=O) groups is 1. The van der Waals surface area contributed by atoms with Gasteiger partial charge in [0.05, 0.1) is 4.90 Å². The molecule has 0 radical (unpaired) electrons. The molecule has 0 N–H and O–H groups in total. The Morgan fingerprint density at radius 2 is 1.74 bits per heavy atom.